The molecular weight excluding hydrogens is 460 g/mol. The van der Waals surface area contributed by atoms with Gasteiger partial charge in [0, 0.05) is 29.7 Å². The lowest BCUT2D eigenvalue weighted by atomic mass is 10.3. The van der Waals surface area contributed by atoms with Crippen molar-refractivity contribution in [3.05, 3.63) is 52.9 Å². The van der Waals surface area contributed by atoms with E-state index >= 15 is 0 Å². The highest BCUT2D eigenvalue weighted by atomic mass is 32.2. The quantitative estimate of drug-likeness (QED) is 0.514. The van der Waals surface area contributed by atoms with Gasteiger partial charge in [0.2, 0.25) is 15.9 Å². The summed E-state index contributed by atoms with van der Waals surface area (Å²) in [7, 11) is -3.65. The monoisotopic (exact) mass is 488 g/mol. The molecule has 0 saturated carbocycles. The number of nitrogens with zero attached hydrogens (tertiary/aromatic N) is 3. The van der Waals surface area contributed by atoms with Gasteiger partial charge in [-0.05, 0) is 69.3 Å². The third-order valence-electron chi connectivity index (χ3n) is 5.81. The summed E-state index contributed by atoms with van der Waals surface area (Å²) in [4.78, 5) is 27.2. The predicted octanol–water partition coefficient (Wildman–Crippen LogP) is 3.53. The number of benzene rings is 2. The van der Waals surface area contributed by atoms with Gasteiger partial charge in [-0.15, -0.1) is 11.8 Å². The van der Waals surface area contributed by atoms with Crippen LogP contribution in [-0.4, -0.2) is 47.1 Å². The molecule has 0 spiro atoms. The van der Waals surface area contributed by atoms with Gasteiger partial charge in [-0.1, -0.05) is 6.07 Å². The third kappa shape index (κ3) is 4.60. The molecule has 1 aliphatic heterocycles. The van der Waals surface area contributed by atoms with E-state index in [1.807, 2.05) is 38.3 Å². The molecule has 3 aromatic rings. The number of anilines is 1. The summed E-state index contributed by atoms with van der Waals surface area (Å²) in [6, 6.07) is 12.0. The minimum absolute atomic E-state index is 0.139. The highest BCUT2D eigenvalue weighted by Gasteiger charge is 2.28. The van der Waals surface area contributed by atoms with Crippen LogP contribution in [-0.2, 0) is 21.4 Å². The first-order valence-electron chi connectivity index (χ1n) is 10.9. The average Bonchev–Trinajstić information content (AvgIpc) is 3.41. The third-order valence-corrected chi connectivity index (χ3v) is 8.43. The van der Waals surface area contributed by atoms with Gasteiger partial charge in [0.05, 0.1) is 15.9 Å². The molecule has 10 heteroatoms. The van der Waals surface area contributed by atoms with Crippen molar-refractivity contribution in [2.24, 2.45) is 0 Å². The second-order valence-electron chi connectivity index (χ2n) is 8.37. The maximum atomic E-state index is 13.2. The minimum atomic E-state index is -3.65. The molecule has 0 radical (unpaired) electrons. The summed E-state index contributed by atoms with van der Waals surface area (Å²) in [5.74, 6) is -0.356. The summed E-state index contributed by atoms with van der Waals surface area (Å²) < 4.78 is 30.6. The standard InChI is InChI=1S/C23H28N4O4S2/c1-16(2)27-20-10-9-19(33(30,31)25-11-4-5-12-25)14-21(20)26(23(27)29)15-22(28)24-17-7-6-8-18(13-17)32-3/h6-10,13-14,16H,4-5,11-12,15H2,1-3H3,(H,24,28). The lowest BCUT2D eigenvalue weighted by Crippen LogP contribution is -2.30. The van der Waals surface area contributed by atoms with Gasteiger partial charge in [0.1, 0.15) is 6.54 Å². The van der Waals surface area contributed by atoms with Crippen molar-refractivity contribution in [1.82, 2.24) is 13.4 Å². The summed E-state index contributed by atoms with van der Waals surface area (Å²) in [5.41, 5.74) is 1.34. The molecular formula is C23H28N4O4S2. The van der Waals surface area contributed by atoms with Gasteiger partial charge in [-0.25, -0.2) is 13.2 Å². The lowest BCUT2D eigenvalue weighted by Gasteiger charge is -2.16. The lowest BCUT2D eigenvalue weighted by molar-refractivity contribution is -0.116. The Bertz CT molecular complexity index is 1350. The Morgan fingerprint density at radius 1 is 1.09 bits per heavy atom. The topological polar surface area (TPSA) is 93.4 Å². The zero-order valence-electron chi connectivity index (χ0n) is 18.9. The van der Waals surface area contributed by atoms with Gasteiger partial charge < -0.3 is 5.32 Å². The van der Waals surface area contributed by atoms with Crippen molar-refractivity contribution < 1.29 is 13.2 Å². The van der Waals surface area contributed by atoms with Crippen LogP contribution in [0.5, 0.6) is 0 Å². The van der Waals surface area contributed by atoms with E-state index in [4.69, 9.17) is 0 Å². The molecule has 1 saturated heterocycles. The Hall–Kier alpha value is -2.56. The van der Waals surface area contributed by atoms with Crippen LogP contribution in [0.1, 0.15) is 32.7 Å². The first-order valence-corrected chi connectivity index (χ1v) is 13.6. The first kappa shape index (κ1) is 23.6. The molecule has 0 bridgehead atoms. The number of thioether (sulfide) groups is 1. The van der Waals surface area contributed by atoms with Gasteiger partial charge in [-0.2, -0.15) is 4.31 Å². The molecule has 0 unspecified atom stereocenters. The van der Waals surface area contributed by atoms with E-state index in [0.717, 1.165) is 17.7 Å². The van der Waals surface area contributed by atoms with E-state index in [2.05, 4.69) is 5.32 Å². The Labute approximate surface area is 197 Å². The zero-order valence-corrected chi connectivity index (χ0v) is 20.6. The number of fused-ring (bicyclic) bond motifs is 1. The number of hydrogen-bond acceptors (Lipinski definition) is 5. The number of aromatic nitrogens is 2. The fraction of sp³-hybridized carbons (Fsp3) is 0.391. The van der Waals surface area contributed by atoms with E-state index in [9.17, 15) is 18.0 Å². The predicted molar refractivity (Wildman–Crippen MR) is 131 cm³/mol. The Balaban J connectivity index is 1.73. The van der Waals surface area contributed by atoms with E-state index in [-0.39, 0.29) is 29.1 Å². The highest BCUT2D eigenvalue weighted by Crippen LogP contribution is 2.26. The Morgan fingerprint density at radius 2 is 1.82 bits per heavy atom. The number of nitrogens with one attached hydrogen (secondary N) is 1. The molecule has 4 rings (SSSR count). The van der Waals surface area contributed by atoms with Crippen LogP contribution in [0.3, 0.4) is 0 Å². The van der Waals surface area contributed by atoms with Crippen molar-refractivity contribution in [2.45, 2.75) is 49.1 Å². The fourth-order valence-electron chi connectivity index (χ4n) is 4.19. The van der Waals surface area contributed by atoms with Crippen molar-refractivity contribution in [3.63, 3.8) is 0 Å². The van der Waals surface area contributed by atoms with Crippen LogP contribution in [0.2, 0.25) is 0 Å². The number of imidazole rings is 1. The van der Waals surface area contributed by atoms with E-state index < -0.39 is 10.0 Å². The molecule has 1 aromatic heterocycles. The summed E-state index contributed by atoms with van der Waals surface area (Å²) in [5, 5.41) is 2.84. The van der Waals surface area contributed by atoms with Gasteiger partial charge in [-0.3, -0.25) is 13.9 Å². The van der Waals surface area contributed by atoms with Gasteiger partial charge >= 0.3 is 5.69 Å². The molecule has 2 heterocycles. The van der Waals surface area contributed by atoms with Crippen LogP contribution in [0.25, 0.3) is 11.0 Å². The summed E-state index contributed by atoms with van der Waals surface area (Å²) in [6.45, 7) is 4.54. The summed E-state index contributed by atoms with van der Waals surface area (Å²) >= 11 is 1.57. The SMILES string of the molecule is CSc1cccc(NC(=O)Cn2c(=O)n(C(C)C)c3ccc(S(=O)(=O)N4CCCC4)cc32)c1. The Morgan fingerprint density at radius 3 is 2.48 bits per heavy atom. The molecule has 1 N–H and O–H groups in total. The molecule has 1 fully saturated rings. The van der Waals surface area contributed by atoms with Crippen molar-refractivity contribution in [3.8, 4) is 0 Å². The largest absolute Gasteiger partial charge is 0.329 e. The molecule has 33 heavy (non-hydrogen) atoms. The smallest absolute Gasteiger partial charge is 0.324 e. The first-order chi connectivity index (χ1) is 15.7. The van der Waals surface area contributed by atoms with Crippen LogP contribution in [0.4, 0.5) is 5.69 Å². The highest BCUT2D eigenvalue weighted by molar-refractivity contribution is 7.98. The van der Waals surface area contributed by atoms with Crippen molar-refractivity contribution >= 4 is 44.4 Å². The molecule has 2 aromatic carbocycles. The van der Waals surface area contributed by atoms with E-state index in [1.54, 1.807) is 34.5 Å². The van der Waals surface area contributed by atoms with Gasteiger partial charge in [0.15, 0.2) is 0 Å². The minimum Gasteiger partial charge on any atom is -0.324 e. The van der Waals surface area contributed by atoms with Gasteiger partial charge in [0.25, 0.3) is 0 Å². The summed E-state index contributed by atoms with van der Waals surface area (Å²) in [6.07, 6.45) is 3.64. The fourth-order valence-corrected chi connectivity index (χ4v) is 6.19. The number of carbonyl (C=O) groups is 1. The second kappa shape index (κ2) is 9.36. The molecule has 1 amide bonds. The van der Waals surface area contributed by atoms with E-state index in [0.29, 0.717) is 29.8 Å². The normalized spacial score (nSPS) is 14.9. The zero-order chi connectivity index (χ0) is 23.8. The molecule has 8 nitrogen and oxygen atoms in total. The molecule has 176 valence electrons. The van der Waals surface area contributed by atoms with Crippen molar-refractivity contribution in [2.75, 3.05) is 24.7 Å². The van der Waals surface area contributed by atoms with Crippen LogP contribution in [0.15, 0.2) is 57.1 Å². The average molecular weight is 489 g/mol. The number of amides is 1. The van der Waals surface area contributed by atoms with Crippen LogP contribution >= 0.6 is 11.8 Å². The number of sulfonamides is 1. The number of rotatable bonds is 7. The molecule has 0 aliphatic carbocycles. The second-order valence-corrected chi connectivity index (χ2v) is 11.2. The maximum absolute atomic E-state index is 13.2. The Kier molecular flexibility index (Phi) is 6.69. The van der Waals surface area contributed by atoms with Crippen LogP contribution in [0, 0.1) is 0 Å². The van der Waals surface area contributed by atoms with Crippen molar-refractivity contribution in [1.29, 1.82) is 0 Å². The maximum Gasteiger partial charge on any atom is 0.329 e. The molecule has 1 aliphatic rings. The number of hydrogen-bond donors (Lipinski definition) is 1. The van der Waals surface area contributed by atoms with Crippen LogP contribution < -0.4 is 11.0 Å². The molecule has 0 atom stereocenters. The number of carbonyl (C=O) groups excluding carboxylic acids is 1. The van der Waals surface area contributed by atoms with E-state index in [1.165, 1.54) is 14.9 Å².